The molecule has 3 N–H and O–H groups in total. The normalized spacial score (nSPS) is 24.7. The molecule has 0 aromatic rings. The minimum atomic E-state index is -0.229. The van der Waals surface area contributed by atoms with E-state index in [2.05, 4.69) is 0 Å². The largest absolute Gasteiger partial charge is 0.392 e. The summed E-state index contributed by atoms with van der Waals surface area (Å²) in [5, 5.41) is 9.23. The first-order valence-electron chi connectivity index (χ1n) is 3.72. The molecule has 0 saturated heterocycles. The highest BCUT2D eigenvalue weighted by Gasteiger charge is 2.21. The zero-order chi connectivity index (χ0) is 6.69. The predicted molar refractivity (Wildman–Crippen MR) is 37.0 cm³/mol. The molecule has 0 unspecified atom stereocenters. The Hall–Kier alpha value is -0.0800. The smallest absolute Gasteiger partial charge is 0.0690 e. The lowest BCUT2D eigenvalue weighted by molar-refractivity contribution is 0.118. The van der Waals surface area contributed by atoms with Gasteiger partial charge in [-0.2, -0.15) is 0 Å². The van der Waals surface area contributed by atoms with Crippen molar-refractivity contribution in [3.8, 4) is 0 Å². The predicted octanol–water partition coefficient (Wildman–Crippen LogP) is 0.496. The molecular weight excluding hydrogens is 114 g/mol. The summed E-state index contributed by atoms with van der Waals surface area (Å²) in [4.78, 5) is 0. The van der Waals surface area contributed by atoms with Crippen molar-refractivity contribution < 1.29 is 5.11 Å². The number of hydrogen-bond acceptors (Lipinski definition) is 2. The SMILES string of the molecule is NC[C@@H](O)C1CCCC1. The van der Waals surface area contributed by atoms with Crippen LogP contribution in [-0.2, 0) is 0 Å². The molecule has 0 aromatic carbocycles. The molecule has 0 heterocycles. The first-order chi connectivity index (χ1) is 4.34. The summed E-state index contributed by atoms with van der Waals surface area (Å²) in [5.74, 6) is 0.509. The molecule has 1 aliphatic carbocycles. The van der Waals surface area contributed by atoms with Crippen molar-refractivity contribution in [3.05, 3.63) is 0 Å². The number of rotatable bonds is 2. The number of aliphatic hydroxyl groups is 1. The standard InChI is InChI=1S/C7H15NO/c8-5-7(9)6-3-1-2-4-6/h6-7,9H,1-5,8H2/t7-/m1/s1. The first kappa shape index (κ1) is 7.03. The molecule has 0 aliphatic heterocycles. The van der Waals surface area contributed by atoms with Crippen molar-refractivity contribution >= 4 is 0 Å². The lowest BCUT2D eigenvalue weighted by Crippen LogP contribution is -2.26. The molecule has 2 heteroatoms. The molecule has 1 aliphatic rings. The summed E-state index contributed by atoms with van der Waals surface area (Å²) in [6.45, 7) is 0.435. The summed E-state index contributed by atoms with van der Waals surface area (Å²) in [6, 6.07) is 0. The fourth-order valence-electron chi connectivity index (χ4n) is 1.53. The Kier molecular flexibility index (Phi) is 2.49. The molecule has 1 fully saturated rings. The van der Waals surface area contributed by atoms with Gasteiger partial charge in [-0.15, -0.1) is 0 Å². The van der Waals surface area contributed by atoms with Crippen molar-refractivity contribution in [1.82, 2.24) is 0 Å². The van der Waals surface area contributed by atoms with E-state index in [1.54, 1.807) is 0 Å². The molecular formula is C7H15NO. The summed E-state index contributed by atoms with van der Waals surface area (Å²) < 4.78 is 0. The van der Waals surface area contributed by atoms with Crippen LogP contribution in [0.3, 0.4) is 0 Å². The van der Waals surface area contributed by atoms with Crippen molar-refractivity contribution in [2.75, 3.05) is 6.54 Å². The Labute approximate surface area is 56.1 Å². The van der Waals surface area contributed by atoms with E-state index in [4.69, 9.17) is 5.73 Å². The fourth-order valence-corrected chi connectivity index (χ4v) is 1.53. The first-order valence-corrected chi connectivity index (χ1v) is 3.72. The van der Waals surface area contributed by atoms with E-state index < -0.39 is 0 Å². The molecule has 1 saturated carbocycles. The summed E-state index contributed by atoms with van der Waals surface area (Å²) in [5.41, 5.74) is 5.30. The van der Waals surface area contributed by atoms with Crippen LogP contribution in [0.1, 0.15) is 25.7 Å². The van der Waals surface area contributed by atoms with Gasteiger partial charge in [0.2, 0.25) is 0 Å². The molecule has 0 amide bonds. The van der Waals surface area contributed by atoms with E-state index in [0.29, 0.717) is 12.5 Å². The summed E-state index contributed by atoms with van der Waals surface area (Å²) in [7, 11) is 0. The second-order valence-corrected chi connectivity index (χ2v) is 2.85. The maximum Gasteiger partial charge on any atom is 0.0690 e. The van der Waals surface area contributed by atoms with Gasteiger partial charge in [0.25, 0.3) is 0 Å². The van der Waals surface area contributed by atoms with Crippen molar-refractivity contribution in [2.24, 2.45) is 11.7 Å². The average molecular weight is 129 g/mol. The minimum Gasteiger partial charge on any atom is -0.392 e. The minimum absolute atomic E-state index is 0.229. The summed E-state index contributed by atoms with van der Waals surface area (Å²) in [6.07, 6.45) is 4.69. The van der Waals surface area contributed by atoms with Gasteiger partial charge < -0.3 is 10.8 Å². The van der Waals surface area contributed by atoms with Crippen molar-refractivity contribution in [1.29, 1.82) is 0 Å². The number of nitrogens with two attached hydrogens (primary N) is 1. The third kappa shape index (κ3) is 1.66. The van der Waals surface area contributed by atoms with E-state index in [9.17, 15) is 5.11 Å². The van der Waals surface area contributed by atoms with Gasteiger partial charge in [-0.05, 0) is 18.8 Å². The molecule has 0 bridgehead atoms. The highest BCUT2D eigenvalue weighted by Crippen LogP contribution is 2.26. The summed E-state index contributed by atoms with van der Waals surface area (Å²) >= 11 is 0. The zero-order valence-corrected chi connectivity index (χ0v) is 5.71. The second kappa shape index (κ2) is 3.18. The molecule has 0 aromatic heterocycles. The average Bonchev–Trinajstić information content (AvgIpc) is 2.37. The highest BCUT2D eigenvalue weighted by molar-refractivity contribution is 4.74. The lowest BCUT2D eigenvalue weighted by atomic mass is 10.0. The highest BCUT2D eigenvalue weighted by atomic mass is 16.3. The molecule has 9 heavy (non-hydrogen) atoms. The molecule has 0 radical (unpaired) electrons. The second-order valence-electron chi connectivity index (χ2n) is 2.85. The van der Waals surface area contributed by atoms with Crippen LogP contribution < -0.4 is 5.73 Å². The third-order valence-corrected chi connectivity index (χ3v) is 2.19. The van der Waals surface area contributed by atoms with Gasteiger partial charge in [-0.1, -0.05) is 12.8 Å². The molecule has 54 valence electrons. The number of hydrogen-bond donors (Lipinski definition) is 2. The van der Waals surface area contributed by atoms with Gasteiger partial charge >= 0.3 is 0 Å². The van der Waals surface area contributed by atoms with Crippen molar-refractivity contribution in [3.63, 3.8) is 0 Å². The maximum absolute atomic E-state index is 9.23. The Morgan fingerprint density at radius 3 is 2.44 bits per heavy atom. The zero-order valence-electron chi connectivity index (χ0n) is 5.71. The van der Waals surface area contributed by atoms with Gasteiger partial charge in [0.15, 0.2) is 0 Å². The van der Waals surface area contributed by atoms with Crippen LogP contribution in [0.4, 0.5) is 0 Å². The van der Waals surface area contributed by atoms with Crippen LogP contribution in [0.25, 0.3) is 0 Å². The van der Waals surface area contributed by atoms with Crippen molar-refractivity contribution in [2.45, 2.75) is 31.8 Å². The Morgan fingerprint density at radius 2 is 2.00 bits per heavy atom. The van der Waals surface area contributed by atoms with Crippen LogP contribution >= 0.6 is 0 Å². The Balaban J connectivity index is 2.24. The van der Waals surface area contributed by atoms with Gasteiger partial charge in [-0.3, -0.25) is 0 Å². The van der Waals surface area contributed by atoms with E-state index in [0.717, 1.165) is 0 Å². The van der Waals surface area contributed by atoms with Crippen LogP contribution in [0.15, 0.2) is 0 Å². The van der Waals surface area contributed by atoms with E-state index >= 15 is 0 Å². The van der Waals surface area contributed by atoms with Crippen LogP contribution in [0.2, 0.25) is 0 Å². The quantitative estimate of drug-likeness (QED) is 0.570. The lowest BCUT2D eigenvalue weighted by Gasteiger charge is -2.14. The van der Waals surface area contributed by atoms with Gasteiger partial charge in [0.05, 0.1) is 6.10 Å². The molecule has 1 atom stereocenters. The molecule has 1 rings (SSSR count). The monoisotopic (exact) mass is 129 g/mol. The van der Waals surface area contributed by atoms with Gasteiger partial charge in [0, 0.05) is 6.54 Å². The van der Waals surface area contributed by atoms with Crippen LogP contribution in [0, 0.1) is 5.92 Å². The van der Waals surface area contributed by atoms with Gasteiger partial charge in [-0.25, -0.2) is 0 Å². The molecule has 2 nitrogen and oxygen atoms in total. The topological polar surface area (TPSA) is 46.2 Å². The fraction of sp³-hybridized carbons (Fsp3) is 1.00. The van der Waals surface area contributed by atoms with Crippen LogP contribution in [-0.4, -0.2) is 17.8 Å². The third-order valence-electron chi connectivity index (χ3n) is 2.19. The Morgan fingerprint density at radius 1 is 1.44 bits per heavy atom. The number of aliphatic hydroxyl groups excluding tert-OH is 1. The van der Waals surface area contributed by atoms with Crippen LogP contribution in [0.5, 0.6) is 0 Å². The maximum atomic E-state index is 9.23. The Bertz CT molecular complexity index is 79.0. The van der Waals surface area contributed by atoms with Gasteiger partial charge in [0.1, 0.15) is 0 Å². The van der Waals surface area contributed by atoms with E-state index in [-0.39, 0.29) is 6.10 Å². The van der Waals surface area contributed by atoms with E-state index in [1.807, 2.05) is 0 Å². The van der Waals surface area contributed by atoms with E-state index in [1.165, 1.54) is 25.7 Å². The molecule has 0 spiro atoms.